The smallest absolute Gasteiger partial charge is 0.128 e. The molecule has 1 aromatic rings. The first-order valence-corrected chi connectivity index (χ1v) is 7.68. The fourth-order valence-electron chi connectivity index (χ4n) is 4.33. The molecule has 3 atom stereocenters. The third kappa shape index (κ3) is 2.08. The van der Waals surface area contributed by atoms with Gasteiger partial charge in [0.2, 0.25) is 0 Å². The third-order valence-electron chi connectivity index (χ3n) is 6.33. The maximum absolute atomic E-state index is 13.8. The molecule has 2 aliphatic rings. The Morgan fingerprint density at radius 3 is 2.71 bits per heavy atom. The van der Waals surface area contributed by atoms with Crippen LogP contribution in [0.4, 0.5) is 4.39 Å². The summed E-state index contributed by atoms with van der Waals surface area (Å²) in [6, 6.07) is 6.49. The van der Waals surface area contributed by atoms with Crippen LogP contribution in [0.3, 0.4) is 0 Å². The van der Waals surface area contributed by atoms with Gasteiger partial charge in [-0.1, -0.05) is 20.8 Å². The van der Waals surface area contributed by atoms with Crippen molar-refractivity contribution in [3.63, 3.8) is 0 Å². The van der Waals surface area contributed by atoms with Crippen LogP contribution in [0.5, 0.6) is 0 Å². The lowest BCUT2D eigenvalue weighted by Crippen LogP contribution is -2.37. The van der Waals surface area contributed by atoms with E-state index in [0.29, 0.717) is 22.5 Å². The highest BCUT2D eigenvalue weighted by molar-refractivity contribution is 5.33. The van der Waals surface area contributed by atoms with Gasteiger partial charge in [-0.25, -0.2) is 4.39 Å². The Balaban J connectivity index is 1.74. The maximum atomic E-state index is 13.8. The van der Waals surface area contributed by atoms with Gasteiger partial charge in [0.25, 0.3) is 0 Å². The van der Waals surface area contributed by atoms with Crippen molar-refractivity contribution < 1.29 is 9.13 Å². The Kier molecular flexibility index (Phi) is 3.33. The Bertz CT molecular complexity index is 604. The van der Waals surface area contributed by atoms with E-state index >= 15 is 0 Å². The molecule has 3 rings (SSSR count). The lowest BCUT2D eigenvalue weighted by Gasteiger charge is -2.39. The number of halogens is 1. The molecule has 0 aromatic heterocycles. The fourth-order valence-corrected chi connectivity index (χ4v) is 4.33. The highest BCUT2D eigenvalue weighted by Gasteiger charge is 2.61. The molecule has 21 heavy (non-hydrogen) atoms. The first kappa shape index (κ1) is 14.5. The van der Waals surface area contributed by atoms with Gasteiger partial charge in [0.05, 0.1) is 24.3 Å². The van der Waals surface area contributed by atoms with Crippen LogP contribution in [-0.2, 0) is 11.3 Å². The molecule has 2 aliphatic carbocycles. The van der Waals surface area contributed by atoms with Crippen LogP contribution in [0.15, 0.2) is 18.2 Å². The van der Waals surface area contributed by atoms with E-state index in [9.17, 15) is 4.39 Å². The summed E-state index contributed by atoms with van der Waals surface area (Å²) in [5.41, 5.74) is 1.44. The summed E-state index contributed by atoms with van der Waals surface area (Å²) < 4.78 is 19.9. The van der Waals surface area contributed by atoms with Crippen LogP contribution < -0.4 is 0 Å². The summed E-state index contributed by atoms with van der Waals surface area (Å²) in [5.74, 6) is 0.421. The second-order valence-electron chi connectivity index (χ2n) is 7.33. The zero-order chi connectivity index (χ0) is 15.3. The molecular weight excluding hydrogens is 265 g/mol. The minimum Gasteiger partial charge on any atom is -0.373 e. The number of rotatable bonds is 3. The van der Waals surface area contributed by atoms with E-state index in [2.05, 4.69) is 20.8 Å². The second-order valence-corrected chi connectivity index (χ2v) is 7.33. The Labute approximate surface area is 125 Å². The monoisotopic (exact) mass is 287 g/mol. The maximum Gasteiger partial charge on any atom is 0.128 e. The summed E-state index contributed by atoms with van der Waals surface area (Å²) in [6.07, 6.45) is 3.73. The molecular formula is C18H22FNO. The minimum atomic E-state index is -0.290. The molecule has 0 N–H and O–H groups in total. The first-order chi connectivity index (χ1) is 9.88. The van der Waals surface area contributed by atoms with Gasteiger partial charge in [-0.2, -0.15) is 5.26 Å². The largest absolute Gasteiger partial charge is 0.373 e. The molecule has 2 bridgehead atoms. The number of ether oxygens (including phenoxy) is 1. The highest BCUT2D eigenvalue weighted by Crippen LogP contribution is 2.66. The topological polar surface area (TPSA) is 33.0 Å². The second kappa shape index (κ2) is 4.81. The summed E-state index contributed by atoms with van der Waals surface area (Å²) in [6.45, 7) is 7.24. The van der Waals surface area contributed by atoms with Crippen LogP contribution >= 0.6 is 0 Å². The van der Waals surface area contributed by atoms with Crippen LogP contribution in [-0.4, -0.2) is 6.10 Å². The van der Waals surface area contributed by atoms with Crippen molar-refractivity contribution in [3.05, 3.63) is 35.1 Å². The average molecular weight is 287 g/mol. The Hall–Kier alpha value is -1.40. The molecule has 0 heterocycles. The quantitative estimate of drug-likeness (QED) is 0.824. The van der Waals surface area contributed by atoms with Gasteiger partial charge in [0, 0.05) is 5.56 Å². The molecule has 0 aliphatic heterocycles. The van der Waals surface area contributed by atoms with Crippen LogP contribution in [0.1, 0.15) is 51.2 Å². The molecule has 0 saturated heterocycles. The van der Waals surface area contributed by atoms with Gasteiger partial charge in [0.15, 0.2) is 0 Å². The SMILES string of the molecule is CC1(C)C2CCC1(C)C(OCc1cc(C#N)ccc1F)C2. The molecule has 1 aromatic carbocycles. The molecule has 3 heteroatoms. The molecule has 112 valence electrons. The zero-order valence-corrected chi connectivity index (χ0v) is 12.9. The van der Waals surface area contributed by atoms with Crippen molar-refractivity contribution in [2.75, 3.05) is 0 Å². The van der Waals surface area contributed by atoms with E-state index in [0.717, 1.165) is 6.42 Å². The van der Waals surface area contributed by atoms with Crippen molar-refractivity contribution in [2.45, 2.75) is 52.7 Å². The first-order valence-electron chi connectivity index (χ1n) is 7.68. The predicted molar refractivity (Wildman–Crippen MR) is 78.9 cm³/mol. The minimum absolute atomic E-state index is 0.182. The van der Waals surface area contributed by atoms with Crippen molar-refractivity contribution in [2.24, 2.45) is 16.7 Å². The number of hydrogen-bond donors (Lipinski definition) is 0. The van der Waals surface area contributed by atoms with E-state index in [4.69, 9.17) is 10.00 Å². The van der Waals surface area contributed by atoms with Gasteiger partial charge >= 0.3 is 0 Å². The van der Waals surface area contributed by atoms with E-state index < -0.39 is 0 Å². The summed E-state index contributed by atoms with van der Waals surface area (Å²) >= 11 is 0. The Morgan fingerprint density at radius 2 is 2.14 bits per heavy atom. The molecule has 2 saturated carbocycles. The highest BCUT2D eigenvalue weighted by atomic mass is 19.1. The van der Waals surface area contributed by atoms with Gasteiger partial charge < -0.3 is 4.74 Å². The molecule has 0 radical (unpaired) electrons. The number of benzene rings is 1. The lowest BCUT2D eigenvalue weighted by atomic mass is 9.70. The number of fused-ring (bicyclic) bond motifs is 2. The molecule has 2 nitrogen and oxygen atoms in total. The number of nitriles is 1. The molecule has 2 fully saturated rings. The van der Waals surface area contributed by atoms with Crippen molar-refractivity contribution >= 4 is 0 Å². The van der Waals surface area contributed by atoms with Crippen LogP contribution in [0.2, 0.25) is 0 Å². The number of nitrogens with zero attached hydrogens (tertiary/aromatic N) is 1. The van der Waals surface area contributed by atoms with Crippen LogP contribution in [0.25, 0.3) is 0 Å². The van der Waals surface area contributed by atoms with Crippen molar-refractivity contribution in [1.29, 1.82) is 5.26 Å². The van der Waals surface area contributed by atoms with Gasteiger partial charge in [-0.05, 0) is 54.2 Å². The Morgan fingerprint density at radius 1 is 1.38 bits per heavy atom. The van der Waals surface area contributed by atoms with E-state index in [-0.39, 0.29) is 23.9 Å². The molecule has 0 amide bonds. The lowest BCUT2D eigenvalue weighted by molar-refractivity contribution is -0.0557. The van der Waals surface area contributed by atoms with Gasteiger partial charge in [0.1, 0.15) is 5.82 Å². The van der Waals surface area contributed by atoms with E-state index in [1.165, 1.54) is 25.0 Å². The van der Waals surface area contributed by atoms with Crippen LogP contribution in [0, 0.1) is 33.9 Å². The summed E-state index contributed by atoms with van der Waals surface area (Å²) in [4.78, 5) is 0. The summed E-state index contributed by atoms with van der Waals surface area (Å²) in [7, 11) is 0. The molecule has 3 unspecified atom stereocenters. The van der Waals surface area contributed by atoms with Crippen molar-refractivity contribution in [1.82, 2.24) is 0 Å². The standard InChI is InChI=1S/C18H22FNO/c1-17(2)14-6-7-18(17,3)16(9-14)21-11-13-8-12(10-20)4-5-15(13)19/h4-5,8,14,16H,6-7,9,11H2,1-3H3. The average Bonchev–Trinajstić information content (AvgIpc) is 2.79. The van der Waals surface area contributed by atoms with Crippen molar-refractivity contribution in [3.8, 4) is 6.07 Å². The van der Waals surface area contributed by atoms with E-state index in [1.54, 1.807) is 6.07 Å². The predicted octanol–water partition coefficient (Wildman–Crippen LogP) is 4.43. The zero-order valence-electron chi connectivity index (χ0n) is 12.9. The normalized spacial score (nSPS) is 33.1. The number of hydrogen-bond acceptors (Lipinski definition) is 2. The van der Waals surface area contributed by atoms with E-state index in [1.807, 2.05) is 6.07 Å². The fraction of sp³-hybridized carbons (Fsp3) is 0.611. The summed E-state index contributed by atoms with van der Waals surface area (Å²) in [5, 5.41) is 8.91. The van der Waals surface area contributed by atoms with Gasteiger partial charge in [-0.15, -0.1) is 0 Å². The third-order valence-corrected chi connectivity index (χ3v) is 6.33. The van der Waals surface area contributed by atoms with Gasteiger partial charge in [-0.3, -0.25) is 0 Å². The molecule has 0 spiro atoms.